The van der Waals surface area contributed by atoms with E-state index in [0.717, 1.165) is 0 Å². The van der Waals surface area contributed by atoms with Gasteiger partial charge in [-0.1, -0.05) is 0 Å². The van der Waals surface area contributed by atoms with Crippen LogP contribution in [0.25, 0.3) is 0 Å². The Balaban J connectivity index is 2.35. The third kappa shape index (κ3) is 3.36. The van der Waals surface area contributed by atoms with Gasteiger partial charge in [0.25, 0.3) is 0 Å². The Labute approximate surface area is 72.8 Å². The molecule has 0 aromatic rings. The Hall–Kier alpha value is 1.42. The van der Waals surface area contributed by atoms with Gasteiger partial charge < -0.3 is 0 Å². The molecule has 1 unspecified atom stereocenters. The molecule has 0 spiro atoms. The third-order valence-corrected chi connectivity index (χ3v) is 5.08. The van der Waals surface area contributed by atoms with Crippen molar-refractivity contribution in [3.8, 4) is 0 Å². The second kappa shape index (κ2) is 4.33. The van der Waals surface area contributed by atoms with Gasteiger partial charge in [-0.15, -0.1) is 0 Å². The van der Waals surface area contributed by atoms with Crippen LogP contribution in [0.1, 0.15) is 12.8 Å². The number of hydrogen-bond acceptors (Lipinski definition) is 1. The fourth-order valence-electron chi connectivity index (χ4n) is 0.795. The Morgan fingerprint density at radius 2 is 2.33 bits per heavy atom. The molecule has 0 saturated carbocycles. The van der Waals surface area contributed by atoms with E-state index in [9.17, 15) is 0 Å². The molecule has 0 aliphatic carbocycles. The van der Waals surface area contributed by atoms with Crippen LogP contribution >= 0.6 is 31.1 Å². The summed E-state index contributed by atoms with van der Waals surface area (Å²) in [7, 11) is 11.4. The zero-order valence-electron chi connectivity index (χ0n) is 4.79. The van der Waals surface area contributed by atoms with Crippen LogP contribution in [0.2, 0.25) is 0 Å². The van der Waals surface area contributed by atoms with Gasteiger partial charge >= 0.3 is 73.1 Å². The SMILES string of the molecule is [Cl][Ru]([Cl])=[CH]C1CCCS1. The summed E-state index contributed by atoms with van der Waals surface area (Å²) in [6.07, 6.45) is 2.62. The second-order valence-electron chi connectivity index (χ2n) is 1.87. The van der Waals surface area contributed by atoms with Crippen LogP contribution in [0.3, 0.4) is 0 Å². The van der Waals surface area contributed by atoms with Crippen LogP contribution in [-0.2, 0) is 13.5 Å². The third-order valence-electron chi connectivity index (χ3n) is 1.19. The average molecular weight is 272 g/mol. The first-order valence-electron chi connectivity index (χ1n) is 2.74. The molecule has 1 atom stereocenters. The summed E-state index contributed by atoms with van der Waals surface area (Å²) in [5, 5.41) is 0.679. The van der Waals surface area contributed by atoms with E-state index in [1.807, 2.05) is 11.8 Å². The quantitative estimate of drug-likeness (QED) is 0.661. The van der Waals surface area contributed by atoms with Crippen molar-refractivity contribution in [1.29, 1.82) is 0 Å². The molecule has 0 aromatic heterocycles. The molecule has 1 fully saturated rings. The molecule has 1 rings (SSSR count). The van der Waals surface area contributed by atoms with Crippen molar-refractivity contribution < 1.29 is 13.5 Å². The predicted octanol–water partition coefficient (Wildman–Crippen LogP) is 2.61. The Morgan fingerprint density at radius 3 is 2.78 bits per heavy atom. The van der Waals surface area contributed by atoms with Gasteiger partial charge in [0.1, 0.15) is 0 Å². The summed E-state index contributed by atoms with van der Waals surface area (Å²) in [5.41, 5.74) is 0. The monoisotopic (exact) mass is 272 g/mol. The van der Waals surface area contributed by atoms with Crippen LogP contribution in [0.15, 0.2) is 0 Å². The van der Waals surface area contributed by atoms with E-state index in [2.05, 4.69) is 4.61 Å². The summed E-state index contributed by atoms with van der Waals surface area (Å²) in [6, 6.07) is 0. The number of halogens is 2. The molecule has 0 aromatic carbocycles. The summed E-state index contributed by atoms with van der Waals surface area (Å²) in [4.78, 5) is 0. The molecule has 0 nitrogen and oxygen atoms in total. The molecule has 1 heterocycles. The number of hydrogen-bond donors (Lipinski definition) is 0. The maximum atomic E-state index is 5.70. The zero-order valence-corrected chi connectivity index (χ0v) is 8.86. The van der Waals surface area contributed by atoms with Crippen LogP contribution in [0.4, 0.5) is 0 Å². The van der Waals surface area contributed by atoms with Crippen molar-refractivity contribution in [3.63, 3.8) is 0 Å². The Kier molecular flexibility index (Phi) is 4.10. The van der Waals surface area contributed by atoms with E-state index in [0.29, 0.717) is 5.25 Å². The average Bonchev–Trinajstić information content (AvgIpc) is 2.15. The van der Waals surface area contributed by atoms with Crippen molar-refractivity contribution in [2.24, 2.45) is 0 Å². The van der Waals surface area contributed by atoms with Crippen LogP contribution in [-0.4, -0.2) is 15.6 Å². The second-order valence-corrected chi connectivity index (χ2v) is 9.02. The molecule has 1 aliphatic rings. The van der Waals surface area contributed by atoms with Gasteiger partial charge in [-0.05, 0) is 0 Å². The van der Waals surface area contributed by atoms with E-state index in [1.165, 1.54) is 18.6 Å². The molecule has 0 N–H and O–H groups in total. The molecule has 4 heteroatoms. The minimum absolute atomic E-state index is 0.679. The Bertz CT molecular complexity index is 116. The van der Waals surface area contributed by atoms with E-state index in [4.69, 9.17) is 19.4 Å². The summed E-state index contributed by atoms with van der Waals surface area (Å²) < 4.78 is 2.14. The normalized spacial score (nSPS) is 28.2. The summed E-state index contributed by atoms with van der Waals surface area (Å²) in [6.45, 7) is 0. The van der Waals surface area contributed by atoms with Crippen molar-refractivity contribution in [3.05, 3.63) is 0 Å². The van der Waals surface area contributed by atoms with Crippen LogP contribution < -0.4 is 0 Å². The van der Waals surface area contributed by atoms with Gasteiger partial charge in [-0.25, -0.2) is 0 Å². The molecule has 9 heavy (non-hydrogen) atoms. The number of rotatable bonds is 1. The predicted molar refractivity (Wildman–Crippen MR) is 43.3 cm³/mol. The van der Waals surface area contributed by atoms with E-state index in [1.54, 1.807) is 0 Å². The zero-order chi connectivity index (χ0) is 6.69. The van der Waals surface area contributed by atoms with Gasteiger partial charge in [0.15, 0.2) is 0 Å². The van der Waals surface area contributed by atoms with Crippen molar-refractivity contribution in [2.45, 2.75) is 18.1 Å². The molecule has 1 aliphatic heterocycles. The van der Waals surface area contributed by atoms with Crippen LogP contribution in [0, 0.1) is 0 Å². The van der Waals surface area contributed by atoms with Crippen LogP contribution in [0.5, 0.6) is 0 Å². The summed E-state index contributed by atoms with van der Waals surface area (Å²) >= 11 is 0.520. The first-order valence-corrected chi connectivity index (χ1v) is 9.27. The fourth-order valence-corrected chi connectivity index (χ4v) is 5.58. The minimum atomic E-state index is -1.46. The van der Waals surface area contributed by atoms with Crippen molar-refractivity contribution >= 4 is 35.8 Å². The maximum absolute atomic E-state index is 5.70. The molecular weight excluding hydrogens is 264 g/mol. The molecule has 0 bridgehead atoms. The topological polar surface area (TPSA) is 0 Å². The molecule has 0 amide bonds. The van der Waals surface area contributed by atoms with Gasteiger partial charge in [0.05, 0.1) is 0 Å². The van der Waals surface area contributed by atoms with Gasteiger partial charge in [0.2, 0.25) is 0 Å². The summed E-state index contributed by atoms with van der Waals surface area (Å²) in [5.74, 6) is 1.29. The van der Waals surface area contributed by atoms with Gasteiger partial charge in [-0.2, -0.15) is 0 Å². The van der Waals surface area contributed by atoms with E-state index in [-0.39, 0.29) is 0 Å². The first-order chi connectivity index (χ1) is 4.29. The van der Waals surface area contributed by atoms with Gasteiger partial charge in [-0.3, -0.25) is 0 Å². The van der Waals surface area contributed by atoms with Crippen molar-refractivity contribution in [2.75, 3.05) is 5.75 Å². The van der Waals surface area contributed by atoms with E-state index < -0.39 is 13.5 Å². The molecule has 0 radical (unpaired) electrons. The van der Waals surface area contributed by atoms with E-state index >= 15 is 0 Å². The van der Waals surface area contributed by atoms with Gasteiger partial charge in [0, 0.05) is 0 Å². The fraction of sp³-hybridized carbons (Fsp3) is 0.800. The molecule has 1 saturated heterocycles. The molecular formula is C5H8Cl2RuS. The first kappa shape index (κ1) is 8.52. The standard InChI is InChI=1S/C5H8S.2ClH.Ru/c1-5-3-2-4-6-5;;;/h1,5H,2-4H2;2*1H;/q;;;+2/p-2. The molecule has 56 valence electrons. The van der Waals surface area contributed by atoms with Crippen molar-refractivity contribution in [1.82, 2.24) is 0 Å². The number of thioether (sulfide) groups is 1. The Morgan fingerprint density at radius 1 is 1.56 bits per heavy atom.